The Labute approximate surface area is 128 Å². The summed E-state index contributed by atoms with van der Waals surface area (Å²) >= 11 is 0. The normalized spacial score (nSPS) is 10.7. The van der Waals surface area contributed by atoms with Gasteiger partial charge in [0.2, 0.25) is 0 Å². The zero-order valence-corrected chi connectivity index (χ0v) is 13.2. The van der Waals surface area contributed by atoms with Gasteiger partial charge in [-0.25, -0.2) is 0 Å². The highest BCUT2D eigenvalue weighted by Crippen LogP contribution is 2.17. The lowest BCUT2D eigenvalue weighted by Crippen LogP contribution is -2.07. The molecule has 0 aliphatic heterocycles. The molecule has 112 valence electrons. The smallest absolute Gasteiger partial charge is 0.119 e. The number of hydrogen-bond donors (Lipinski definition) is 1. The van der Waals surface area contributed by atoms with Gasteiger partial charge in [-0.15, -0.1) is 0 Å². The van der Waals surface area contributed by atoms with Crippen LogP contribution >= 0.6 is 0 Å². The third-order valence-corrected chi connectivity index (χ3v) is 3.52. The quantitative estimate of drug-likeness (QED) is 0.722. The van der Waals surface area contributed by atoms with Crippen LogP contribution in [0.3, 0.4) is 0 Å². The molecule has 0 bridgehead atoms. The van der Waals surface area contributed by atoms with Crippen LogP contribution in [0.25, 0.3) is 0 Å². The van der Waals surface area contributed by atoms with Gasteiger partial charge in [-0.1, -0.05) is 43.7 Å². The van der Waals surface area contributed by atoms with Gasteiger partial charge in [0.1, 0.15) is 5.75 Å². The van der Waals surface area contributed by atoms with Gasteiger partial charge >= 0.3 is 0 Å². The first-order valence-electron chi connectivity index (χ1n) is 7.68. The second-order valence-electron chi connectivity index (χ2n) is 5.72. The molecule has 21 heavy (non-hydrogen) atoms. The van der Waals surface area contributed by atoms with E-state index in [1.54, 1.807) is 0 Å². The predicted octanol–water partition coefficient (Wildman–Crippen LogP) is 5.00. The third-order valence-electron chi connectivity index (χ3n) is 3.52. The summed E-state index contributed by atoms with van der Waals surface area (Å²) in [6, 6.07) is 16.9. The minimum atomic E-state index is 0.585. The summed E-state index contributed by atoms with van der Waals surface area (Å²) in [6.07, 6.45) is 0.986. The van der Waals surface area contributed by atoms with Crippen molar-refractivity contribution in [2.45, 2.75) is 33.1 Å². The van der Waals surface area contributed by atoms with Crippen molar-refractivity contribution in [2.75, 3.05) is 18.5 Å². The maximum atomic E-state index is 5.71. The Bertz CT molecular complexity index is 528. The standard InChI is InChI=1S/C19H25NO/c1-15(2)17-7-9-18(10-8-17)20-13-4-14-21-19-11-5-16(3)6-12-19/h5-12,15,20H,4,13-14H2,1-3H3. The molecule has 0 aromatic heterocycles. The van der Waals surface area contributed by atoms with Crippen molar-refractivity contribution < 1.29 is 4.74 Å². The van der Waals surface area contributed by atoms with Crippen LogP contribution in [0.5, 0.6) is 5.75 Å². The van der Waals surface area contributed by atoms with E-state index in [1.165, 1.54) is 16.8 Å². The number of rotatable bonds is 7. The third kappa shape index (κ3) is 5.14. The number of ether oxygens (including phenoxy) is 1. The summed E-state index contributed by atoms with van der Waals surface area (Å²) < 4.78 is 5.71. The molecule has 2 rings (SSSR count). The number of hydrogen-bond acceptors (Lipinski definition) is 2. The van der Waals surface area contributed by atoms with Gasteiger partial charge in [0.15, 0.2) is 0 Å². The summed E-state index contributed by atoms with van der Waals surface area (Å²) in [6.45, 7) is 8.17. The molecule has 0 radical (unpaired) electrons. The summed E-state index contributed by atoms with van der Waals surface area (Å²) in [5, 5.41) is 3.43. The van der Waals surface area contributed by atoms with E-state index in [2.05, 4.69) is 62.5 Å². The Morgan fingerprint density at radius 3 is 2.24 bits per heavy atom. The molecule has 0 saturated heterocycles. The van der Waals surface area contributed by atoms with Crippen molar-refractivity contribution in [1.29, 1.82) is 0 Å². The highest BCUT2D eigenvalue weighted by molar-refractivity contribution is 5.45. The van der Waals surface area contributed by atoms with Gasteiger partial charge in [-0.05, 0) is 49.1 Å². The van der Waals surface area contributed by atoms with Crippen LogP contribution < -0.4 is 10.1 Å². The molecule has 0 fully saturated rings. The summed E-state index contributed by atoms with van der Waals surface area (Å²) in [4.78, 5) is 0. The van der Waals surface area contributed by atoms with Gasteiger partial charge < -0.3 is 10.1 Å². The molecule has 2 aromatic carbocycles. The minimum Gasteiger partial charge on any atom is -0.494 e. The average Bonchev–Trinajstić information content (AvgIpc) is 2.49. The number of benzene rings is 2. The molecule has 0 saturated carbocycles. The van der Waals surface area contributed by atoms with Crippen molar-refractivity contribution >= 4 is 5.69 Å². The highest BCUT2D eigenvalue weighted by atomic mass is 16.5. The van der Waals surface area contributed by atoms with Gasteiger partial charge in [0.25, 0.3) is 0 Å². The maximum absolute atomic E-state index is 5.71. The predicted molar refractivity (Wildman–Crippen MR) is 90.3 cm³/mol. The van der Waals surface area contributed by atoms with E-state index in [-0.39, 0.29) is 0 Å². The summed E-state index contributed by atoms with van der Waals surface area (Å²) in [5.41, 5.74) is 3.81. The monoisotopic (exact) mass is 283 g/mol. The molecule has 0 unspecified atom stereocenters. The van der Waals surface area contributed by atoms with Crippen LogP contribution in [-0.4, -0.2) is 13.2 Å². The van der Waals surface area contributed by atoms with Crippen molar-refractivity contribution in [1.82, 2.24) is 0 Å². The average molecular weight is 283 g/mol. The van der Waals surface area contributed by atoms with E-state index in [4.69, 9.17) is 4.74 Å². The summed E-state index contributed by atoms with van der Waals surface area (Å²) in [7, 11) is 0. The van der Waals surface area contributed by atoms with E-state index in [9.17, 15) is 0 Å². The molecular weight excluding hydrogens is 258 g/mol. The van der Waals surface area contributed by atoms with Gasteiger partial charge in [-0.2, -0.15) is 0 Å². The Hall–Kier alpha value is -1.96. The molecule has 2 nitrogen and oxygen atoms in total. The number of nitrogens with one attached hydrogen (secondary N) is 1. The van der Waals surface area contributed by atoms with E-state index in [0.29, 0.717) is 5.92 Å². The van der Waals surface area contributed by atoms with Crippen LogP contribution in [0.2, 0.25) is 0 Å². The van der Waals surface area contributed by atoms with Gasteiger partial charge in [0.05, 0.1) is 6.61 Å². The highest BCUT2D eigenvalue weighted by Gasteiger charge is 1.98. The van der Waals surface area contributed by atoms with E-state index < -0.39 is 0 Å². The largest absolute Gasteiger partial charge is 0.494 e. The molecule has 0 aliphatic carbocycles. The van der Waals surface area contributed by atoms with Crippen molar-refractivity contribution in [3.63, 3.8) is 0 Å². The van der Waals surface area contributed by atoms with E-state index >= 15 is 0 Å². The fourth-order valence-corrected chi connectivity index (χ4v) is 2.12. The van der Waals surface area contributed by atoms with Crippen molar-refractivity contribution in [3.05, 3.63) is 59.7 Å². The lowest BCUT2D eigenvalue weighted by Gasteiger charge is -2.10. The van der Waals surface area contributed by atoms with Crippen LogP contribution in [0.4, 0.5) is 5.69 Å². The second-order valence-corrected chi connectivity index (χ2v) is 5.72. The first-order chi connectivity index (χ1) is 10.1. The van der Waals surface area contributed by atoms with E-state index in [1.807, 2.05) is 12.1 Å². The number of anilines is 1. The summed E-state index contributed by atoms with van der Waals surface area (Å²) in [5.74, 6) is 1.53. The maximum Gasteiger partial charge on any atom is 0.119 e. The Morgan fingerprint density at radius 2 is 1.62 bits per heavy atom. The Kier molecular flexibility index (Phi) is 5.68. The molecular formula is C19H25NO. The Balaban J connectivity index is 1.66. The van der Waals surface area contributed by atoms with E-state index in [0.717, 1.165) is 25.3 Å². The van der Waals surface area contributed by atoms with Crippen molar-refractivity contribution in [2.24, 2.45) is 0 Å². The minimum absolute atomic E-state index is 0.585. The molecule has 2 aromatic rings. The van der Waals surface area contributed by atoms with Crippen LogP contribution in [0.1, 0.15) is 37.3 Å². The SMILES string of the molecule is Cc1ccc(OCCCNc2ccc(C(C)C)cc2)cc1. The van der Waals surface area contributed by atoms with Crippen LogP contribution in [0.15, 0.2) is 48.5 Å². The van der Waals surface area contributed by atoms with Crippen LogP contribution in [-0.2, 0) is 0 Å². The zero-order chi connectivity index (χ0) is 15.1. The number of aryl methyl sites for hydroxylation is 1. The first kappa shape index (κ1) is 15.4. The Morgan fingerprint density at radius 1 is 0.952 bits per heavy atom. The zero-order valence-electron chi connectivity index (χ0n) is 13.2. The fraction of sp³-hybridized carbons (Fsp3) is 0.368. The van der Waals surface area contributed by atoms with Crippen molar-refractivity contribution in [3.8, 4) is 5.75 Å². The van der Waals surface area contributed by atoms with Gasteiger partial charge in [-0.3, -0.25) is 0 Å². The molecule has 1 N–H and O–H groups in total. The topological polar surface area (TPSA) is 21.3 Å². The second kappa shape index (κ2) is 7.72. The lowest BCUT2D eigenvalue weighted by atomic mass is 10.0. The molecule has 2 heteroatoms. The fourth-order valence-electron chi connectivity index (χ4n) is 2.12. The van der Waals surface area contributed by atoms with Crippen LogP contribution in [0, 0.1) is 6.92 Å². The molecule has 0 spiro atoms. The molecule has 0 atom stereocenters. The molecule has 0 aliphatic rings. The molecule has 0 amide bonds. The first-order valence-corrected chi connectivity index (χ1v) is 7.68. The molecule has 0 heterocycles. The lowest BCUT2D eigenvalue weighted by molar-refractivity contribution is 0.315. The van der Waals surface area contributed by atoms with Gasteiger partial charge in [0, 0.05) is 12.2 Å².